The van der Waals surface area contributed by atoms with Crippen molar-refractivity contribution in [2.75, 3.05) is 32.7 Å². The number of hydrogen-bond acceptors (Lipinski definition) is 7. The minimum absolute atomic E-state index is 0.0140. The molecule has 6 rings (SSSR count). The van der Waals surface area contributed by atoms with Gasteiger partial charge >= 0.3 is 5.97 Å². The van der Waals surface area contributed by atoms with Crippen LogP contribution in [0.2, 0.25) is 0 Å². The van der Waals surface area contributed by atoms with Crippen molar-refractivity contribution in [3.8, 4) is 11.1 Å². The van der Waals surface area contributed by atoms with E-state index in [0.717, 1.165) is 59.4 Å². The van der Waals surface area contributed by atoms with Gasteiger partial charge in [-0.15, -0.1) is 0 Å². The SMILES string of the molecule is O=C(O)CCC(=O)NCc1ccccc1-c1ccc([C@@H]2O[C@H](CN3CCC[C@H]3CN3CCCC3)C[C@H](c3ccc(CO)cc3)O2)cc1. The van der Waals surface area contributed by atoms with Crippen molar-refractivity contribution in [2.24, 2.45) is 0 Å². The topological polar surface area (TPSA) is 112 Å². The Bertz CT molecular complexity index is 1470. The van der Waals surface area contributed by atoms with Gasteiger partial charge in [-0.25, -0.2) is 0 Å². The third-order valence-corrected chi connectivity index (χ3v) is 9.77. The Morgan fingerprint density at radius 3 is 2.32 bits per heavy atom. The highest BCUT2D eigenvalue weighted by Gasteiger charge is 2.36. The number of carboxylic acids is 1. The van der Waals surface area contributed by atoms with E-state index in [1.54, 1.807) is 0 Å². The van der Waals surface area contributed by atoms with Gasteiger partial charge in [0.15, 0.2) is 6.29 Å². The van der Waals surface area contributed by atoms with Crippen LogP contribution in [0.25, 0.3) is 11.1 Å². The van der Waals surface area contributed by atoms with Crippen molar-refractivity contribution >= 4 is 11.9 Å². The van der Waals surface area contributed by atoms with Crippen LogP contribution in [-0.4, -0.2) is 76.8 Å². The number of carbonyl (C=O) groups is 2. The van der Waals surface area contributed by atoms with E-state index in [0.29, 0.717) is 12.6 Å². The molecule has 47 heavy (non-hydrogen) atoms. The number of aliphatic hydroxyl groups excluding tert-OH is 1. The number of aliphatic carboxylic acids is 1. The minimum atomic E-state index is -0.985. The number of likely N-dealkylation sites (tertiary alicyclic amines) is 2. The molecule has 4 atom stereocenters. The first-order chi connectivity index (χ1) is 22.9. The summed E-state index contributed by atoms with van der Waals surface area (Å²) < 4.78 is 13.4. The first-order valence-corrected chi connectivity index (χ1v) is 17.1. The lowest BCUT2D eigenvalue weighted by atomic mass is 9.97. The molecular formula is C38H47N3O6. The Kier molecular flexibility index (Phi) is 11.3. The molecule has 3 fully saturated rings. The monoisotopic (exact) mass is 641 g/mol. The maximum atomic E-state index is 12.2. The van der Waals surface area contributed by atoms with Crippen LogP contribution in [0.1, 0.15) is 79.6 Å². The summed E-state index contributed by atoms with van der Waals surface area (Å²) in [6.07, 6.45) is 4.99. The van der Waals surface area contributed by atoms with Gasteiger partial charge in [0, 0.05) is 44.1 Å². The number of rotatable bonds is 13. The summed E-state index contributed by atoms with van der Waals surface area (Å²) in [5.74, 6) is -1.27. The molecule has 0 saturated carbocycles. The van der Waals surface area contributed by atoms with E-state index in [9.17, 15) is 14.7 Å². The molecular weight excluding hydrogens is 594 g/mol. The molecule has 9 heteroatoms. The zero-order chi connectivity index (χ0) is 32.6. The number of ether oxygens (including phenoxy) is 2. The summed E-state index contributed by atoms with van der Waals surface area (Å²) in [4.78, 5) is 28.2. The Balaban J connectivity index is 1.17. The molecule has 0 radical (unpaired) electrons. The highest BCUT2D eigenvalue weighted by atomic mass is 16.7. The quantitative estimate of drug-likeness (QED) is 0.227. The van der Waals surface area contributed by atoms with E-state index < -0.39 is 12.3 Å². The van der Waals surface area contributed by atoms with E-state index in [1.807, 2.05) is 36.4 Å². The number of carboxylic acid groups (broad SMARTS) is 1. The Hall–Kier alpha value is -3.60. The van der Waals surface area contributed by atoms with Crippen LogP contribution in [0.3, 0.4) is 0 Å². The lowest BCUT2D eigenvalue weighted by Crippen LogP contribution is -2.45. The van der Waals surface area contributed by atoms with E-state index in [4.69, 9.17) is 14.6 Å². The van der Waals surface area contributed by atoms with Gasteiger partial charge in [-0.05, 0) is 73.1 Å². The molecule has 3 aliphatic heterocycles. The van der Waals surface area contributed by atoms with Gasteiger partial charge in [0.2, 0.25) is 5.91 Å². The number of hydrogen-bond donors (Lipinski definition) is 3. The average molecular weight is 642 g/mol. The second kappa shape index (κ2) is 16.0. The molecule has 3 aliphatic rings. The Morgan fingerprint density at radius 2 is 1.57 bits per heavy atom. The molecule has 0 bridgehead atoms. The van der Waals surface area contributed by atoms with Gasteiger partial charge in [-0.2, -0.15) is 0 Å². The number of nitrogens with zero attached hydrogens (tertiary/aromatic N) is 2. The van der Waals surface area contributed by atoms with Crippen LogP contribution in [0, 0.1) is 0 Å². The fourth-order valence-electron chi connectivity index (χ4n) is 7.18. The zero-order valence-corrected chi connectivity index (χ0v) is 27.1. The Labute approximate surface area is 277 Å². The standard InChI is InChI=1S/C38H47N3O6/c42-26-27-9-11-29(12-10-27)35-22-33(25-41-21-5-7-32(41)24-40-19-3-4-20-40)46-38(47-35)30-15-13-28(14-16-30)34-8-2-1-6-31(34)23-39-36(43)17-18-37(44)45/h1-2,6,8-16,32-33,35,38,42H,3-5,7,17-26H2,(H,39,43)(H,44,45)/t32-,33-,35+,38+/m0/s1. The predicted molar refractivity (Wildman–Crippen MR) is 179 cm³/mol. The first kappa shape index (κ1) is 33.3. The third kappa shape index (κ3) is 8.86. The van der Waals surface area contributed by atoms with Gasteiger partial charge in [0.25, 0.3) is 0 Å². The number of carbonyl (C=O) groups excluding carboxylic acids is 1. The fraction of sp³-hybridized carbons (Fsp3) is 0.474. The zero-order valence-electron chi connectivity index (χ0n) is 27.1. The highest BCUT2D eigenvalue weighted by molar-refractivity contribution is 5.80. The van der Waals surface area contributed by atoms with Crippen molar-refractivity contribution in [3.05, 3.63) is 95.1 Å². The molecule has 0 unspecified atom stereocenters. The number of benzene rings is 3. The number of amides is 1. The van der Waals surface area contributed by atoms with Gasteiger partial charge < -0.3 is 29.9 Å². The molecule has 0 aromatic heterocycles. The van der Waals surface area contributed by atoms with Gasteiger partial charge in [-0.3, -0.25) is 14.5 Å². The molecule has 250 valence electrons. The predicted octanol–water partition coefficient (Wildman–Crippen LogP) is 5.43. The van der Waals surface area contributed by atoms with Crippen molar-refractivity contribution in [3.63, 3.8) is 0 Å². The number of aliphatic hydroxyl groups is 1. The van der Waals surface area contributed by atoms with Crippen molar-refractivity contribution in [1.82, 2.24) is 15.1 Å². The molecule has 3 heterocycles. The minimum Gasteiger partial charge on any atom is -0.481 e. The van der Waals surface area contributed by atoms with Gasteiger partial charge in [0.1, 0.15) is 0 Å². The van der Waals surface area contributed by atoms with Crippen molar-refractivity contribution < 1.29 is 29.3 Å². The van der Waals surface area contributed by atoms with Crippen LogP contribution < -0.4 is 5.32 Å². The third-order valence-electron chi connectivity index (χ3n) is 9.77. The van der Waals surface area contributed by atoms with Gasteiger partial charge in [0.05, 0.1) is 25.2 Å². The van der Waals surface area contributed by atoms with Crippen molar-refractivity contribution in [1.29, 1.82) is 0 Å². The maximum Gasteiger partial charge on any atom is 0.303 e. The molecule has 0 aliphatic carbocycles. The molecule has 9 nitrogen and oxygen atoms in total. The first-order valence-electron chi connectivity index (χ1n) is 17.1. The molecule has 3 N–H and O–H groups in total. The van der Waals surface area contributed by atoms with Crippen molar-refractivity contribution in [2.45, 2.75) is 82.6 Å². The normalized spacial score (nSPS) is 23.6. The van der Waals surface area contributed by atoms with E-state index >= 15 is 0 Å². The fourth-order valence-corrected chi connectivity index (χ4v) is 7.18. The van der Waals surface area contributed by atoms with E-state index in [2.05, 4.69) is 51.5 Å². The summed E-state index contributed by atoms with van der Waals surface area (Å²) in [5, 5.41) is 21.3. The van der Waals surface area contributed by atoms with Gasteiger partial charge in [-0.1, -0.05) is 72.8 Å². The largest absolute Gasteiger partial charge is 0.481 e. The van der Waals surface area contributed by atoms with Crippen LogP contribution >= 0.6 is 0 Å². The van der Waals surface area contributed by atoms with E-state index in [-0.39, 0.29) is 37.6 Å². The second-order valence-corrected chi connectivity index (χ2v) is 13.1. The van der Waals surface area contributed by atoms with Crippen LogP contribution in [0.5, 0.6) is 0 Å². The van der Waals surface area contributed by atoms with Crippen LogP contribution in [0.4, 0.5) is 0 Å². The maximum absolute atomic E-state index is 12.2. The summed E-state index contributed by atoms with van der Waals surface area (Å²) in [6, 6.07) is 24.8. The second-order valence-electron chi connectivity index (χ2n) is 13.1. The summed E-state index contributed by atoms with van der Waals surface area (Å²) >= 11 is 0. The Morgan fingerprint density at radius 1 is 0.830 bits per heavy atom. The molecule has 3 saturated heterocycles. The molecule has 1 amide bonds. The molecule has 0 spiro atoms. The summed E-state index contributed by atoms with van der Waals surface area (Å²) in [7, 11) is 0. The lowest BCUT2D eigenvalue weighted by Gasteiger charge is -2.39. The molecule has 3 aromatic carbocycles. The van der Waals surface area contributed by atoms with E-state index in [1.165, 1.54) is 38.8 Å². The van der Waals surface area contributed by atoms with Crippen LogP contribution in [-0.2, 0) is 32.2 Å². The summed E-state index contributed by atoms with van der Waals surface area (Å²) in [5.41, 5.74) is 5.88. The highest BCUT2D eigenvalue weighted by Crippen LogP contribution is 2.39. The molecule has 3 aromatic rings. The smallest absolute Gasteiger partial charge is 0.303 e. The van der Waals surface area contributed by atoms with Crippen LogP contribution in [0.15, 0.2) is 72.8 Å². The number of nitrogens with one attached hydrogen (secondary N) is 1. The summed E-state index contributed by atoms with van der Waals surface area (Å²) in [6.45, 7) is 5.90. The lowest BCUT2D eigenvalue weighted by molar-refractivity contribution is -0.253. The average Bonchev–Trinajstić information content (AvgIpc) is 3.79.